The molecule has 0 spiro atoms. The maximum atomic E-state index is 13.1. The number of anilines is 2. The van der Waals surface area contributed by atoms with E-state index in [1.807, 2.05) is 61.5 Å². The van der Waals surface area contributed by atoms with E-state index in [0.29, 0.717) is 24.7 Å². The summed E-state index contributed by atoms with van der Waals surface area (Å²) in [6, 6.07) is 21.9. The fourth-order valence-corrected chi connectivity index (χ4v) is 3.77. The minimum absolute atomic E-state index is 0.0418. The zero-order valence-electron chi connectivity index (χ0n) is 19.8. The molecule has 1 aromatic heterocycles. The van der Waals surface area contributed by atoms with Crippen LogP contribution < -0.4 is 16.0 Å². The molecule has 6 nitrogen and oxygen atoms in total. The minimum Gasteiger partial charge on any atom is -0.358 e. The molecule has 0 aliphatic carbocycles. The van der Waals surface area contributed by atoms with Crippen molar-refractivity contribution in [3.63, 3.8) is 0 Å². The summed E-state index contributed by atoms with van der Waals surface area (Å²) in [6.45, 7) is 6.81. The van der Waals surface area contributed by atoms with Gasteiger partial charge in [0.15, 0.2) is 0 Å². The maximum absolute atomic E-state index is 13.1. The molecule has 0 saturated carbocycles. The third kappa shape index (κ3) is 8.22. The Morgan fingerprint density at radius 3 is 2.27 bits per heavy atom. The molecule has 6 heteroatoms. The second-order valence-electron chi connectivity index (χ2n) is 8.47. The summed E-state index contributed by atoms with van der Waals surface area (Å²) in [4.78, 5) is 22.3. The van der Waals surface area contributed by atoms with E-state index in [1.54, 1.807) is 0 Å². The van der Waals surface area contributed by atoms with Crippen LogP contribution in [0.2, 0.25) is 0 Å². The first kappa shape index (κ1) is 24.2. The normalized spacial score (nSPS) is 12.6. The van der Waals surface area contributed by atoms with Crippen molar-refractivity contribution in [2.75, 3.05) is 17.2 Å². The minimum atomic E-state index is -0.446. The molecule has 3 aromatic rings. The van der Waals surface area contributed by atoms with E-state index < -0.39 is 6.04 Å². The summed E-state index contributed by atoms with van der Waals surface area (Å²) in [5.74, 6) is 1.19. The van der Waals surface area contributed by atoms with Gasteiger partial charge in [-0.15, -0.1) is 0 Å². The van der Waals surface area contributed by atoms with Gasteiger partial charge in [-0.05, 0) is 37.8 Å². The summed E-state index contributed by atoms with van der Waals surface area (Å²) in [5.41, 5.74) is 3.14. The summed E-state index contributed by atoms with van der Waals surface area (Å²) >= 11 is 0. The Morgan fingerprint density at radius 1 is 0.939 bits per heavy atom. The summed E-state index contributed by atoms with van der Waals surface area (Å²) in [5, 5.41) is 9.81. The van der Waals surface area contributed by atoms with Gasteiger partial charge in [-0.2, -0.15) is 4.98 Å². The Labute approximate surface area is 197 Å². The first-order valence-corrected chi connectivity index (χ1v) is 11.8. The zero-order valence-corrected chi connectivity index (χ0v) is 19.8. The second-order valence-corrected chi connectivity index (χ2v) is 8.47. The highest BCUT2D eigenvalue weighted by molar-refractivity contribution is 5.84. The van der Waals surface area contributed by atoms with E-state index in [1.165, 1.54) is 5.56 Å². The molecule has 33 heavy (non-hydrogen) atoms. The Morgan fingerprint density at radius 2 is 1.61 bits per heavy atom. The smallest absolute Gasteiger partial charge is 0.242 e. The summed E-state index contributed by atoms with van der Waals surface area (Å²) in [7, 11) is 0. The Hall–Kier alpha value is -3.41. The Kier molecular flexibility index (Phi) is 9.24. The molecule has 2 aromatic carbocycles. The molecule has 174 valence electrons. The number of nitrogens with one attached hydrogen (secondary N) is 3. The predicted molar refractivity (Wildman–Crippen MR) is 135 cm³/mol. The van der Waals surface area contributed by atoms with E-state index in [4.69, 9.17) is 0 Å². The van der Waals surface area contributed by atoms with Crippen LogP contribution in [0.4, 0.5) is 11.8 Å². The van der Waals surface area contributed by atoms with E-state index >= 15 is 0 Å². The maximum Gasteiger partial charge on any atom is 0.242 e. The molecule has 0 aliphatic heterocycles. The standard InChI is InChI=1S/C27H35N5O/c1-4-11-20(2)29-27-30-21(3)18-25(32-27)31-24(19-23-14-9-6-10-15-23)26(33)28-17-16-22-12-7-5-8-13-22/h5-10,12-15,18,20,24H,4,11,16-17,19H2,1-3H3,(H,28,33)(H2,29,30,31,32)/t20?,24-/m0/s1. The van der Waals surface area contributed by atoms with Gasteiger partial charge in [-0.1, -0.05) is 74.0 Å². The molecule has 1 amide bonds. The highest BCUT2D eigenvalue weighted by Crippen LogP contribution is 2.15. The van der Waals surface area contributed by atoms with Crippen LogP contribution in [0.1, 0.15) is 43.5 Å². The first-order valence-electron chi connectivity index (χ1n) is 11.8. The lowest BCUT2D eigenvalue weighted by Gasteiger charge is -2.20. The van der Waals surface area contributed by atoms with Crippen LogP contribution in [-0.2, 0) is 17.6 Å². The number of carbonyl (C=O) groups excluding carboxylic acids is 1. The number of amides is 1. The number of hydrogen-bond acceptors (Lipinski definition) is 5. The molecule has 1 heterocycles. The van der Waals surface area contributed by atoms with Gasteiger partial charge in [0.25, 0.3) is 0 Å². The van der Waals surface area contributed by atoms with Crippen LogP contribution >= 0.6 is 0 Å². The van der Waals surface area contributed by atoms with E-state index in [2.05, 4.69) is 51.9 Å². The third-order valence-electron chi connectivity index (χ3n) is 5.43. The molecule has 3 rings (SSSR count). The molecule has 0 aliphatic rings. The fraction of sp³-hybridized carbons (Fsp3) is 0.370. The highest BCUT2D eigenvalue weighted by atomic mass is 16.2. The third-order valence-corrected chi connectivity index (χ3v) is 5.43. The van der Waals surface area contributed by atoms with Crippen molar-refractivity contribution in [3.8, 4) is 0 Å². The number of benzene rings is 2. The average molecular weight is 446 g/mol. The summed E-state index contributed by atoms with van der Waals surface area (Å²) in [6.07, 6.45) is 3.49. The Bertz CT molecular complexity index is 994. The second kappa shape index (κ2) is 12.6. The van der Waals surface area contributed by atoms with Crippen LogP contribution in [0.25, 0.3) is 0 Å². The van der Waals surface area contributed by atoms with E-state index in [-0.39, 0.29) is 11.9 Å². The van der Waals surface area contributed by atoms with Crippen LogP contribution in [0, 0.1) is 6.92 Å². The van der Waals surface area contributed by atoms with Crippen molar-refractivity contribution >= 4 is 17.7 Å². The number of nitrogens with zero attached hydrogens (tertiary/aromatic N) is 2. The SMILES string of the molecule is CCCC(C)Nc1nc(C)cc(N[C@@H](Cc2ccccc2)C(=O)NCCc2ccccc2)n1. The van der Waals surface area contributed by atoms with Gasteiger partial charge in [0.05, 0.1) is 0 Å². The predicted octanol–water partition coefficient (Wildman–Crippen LogP) is 4.77. The van der Waals surface area contributed by atoms with Gasteiger partial charge >= 0.3 is 0 Å². The van der Waals surface area contributed by atoms with Crippen molar-refractivity contribution in [1.82, 2.24) is 15.3 Å². The molecular formula is C27H35N5O. The van der Waals surface area contributed by atoms with Crippen LogP contribution in [0.5, 0.6) is 0 Å². The molecule has 1 unspecified atom stereocenters. The quantitative estimate of drug-likeness (QED) is 0.374. The Balaban J connectivity index is 1.71. The first-order chi connectivity index (χ1) is 16.0. The number of carbonyl (C=O) groups is 1. The van der Waals surface area contributed by atoms with Crippen LogP contribution in [0.3, 0.4) is 0 Å². The lowest BCUT2D eigenvalue weighted by Crippen LogP contribution is -2.42. The number of aryl methyl sites for hydroxylation is 1. The van der Waals surface area contributed by atoms with Crippen LogP contribution in [0.15, 0.2) is 66.7 Å². The van der Waals surface area contributed by atoms with Gasteiger partial charge < -0.3 is 16.0 Å². The number of hydrogen-bond donors (Lipinski definition) is 3. The topological polar surface area (TPSA) is 78.9 Å². The van der Waals surface area contributed by atoms with Crippen molar-refractivity contribution in [1.29, 1.82) is 0 Å². The highest BCUT2D eigenvalue weighted by Gasteiger charge is 2.20. The molecule has 3 N–H and O–H groups in total. The largest absolute Gasteiger partial charge is 0.358 e. The van der Waals surface area contributed by atoms with Gasteiger partial charge in [0.2, 0.25) is 11.9 Å². The van der Waals surface area contributed by atoms with Crippen molar-refractivity contribution in [2.45, 2.75) is 58.5 Å². The van der Waals surface area contributed by atoms with Gasteiger partial charge in [0.1, 0.15) is 11.9 Å². The molecule has 0 saturated heterocycles. The van der Waals surface area contributed by atoms with Gasteiger partial charge in [0, 0.05) is 30.8 Å². The lowest BCUT2D eigenvalue weighted by atomic mass is 10.0. The number of rotatable bonds is 12. The lowest BCUT2D eigenvalue weighted by molar-refractivity contribution is -0.121. The van der Waals surface area contributed by atoms with Gasteiger partial charge in [-0.25, -0.2) is 4.98 Å². The molecule has 2 atom stereocenters. The van der Waals surface area contributed by atoms with E-state index in [0.717, 1.165) is 30.5 Å². The fourth-order valence-electron chi connectivity index (χ4n) is 3.77. The zero-order chi connectivity index (χ0) is 23.5. The van der Waals surface area contributed by atoms with Crippen molar-refractivity contribution in [2.24, 2.45) is 0 Å². The summed E-state index contributed by atoms with van der Waals surface area (Å²) < 4.78 is 0. The van der Waals surface area contributed by atoms with Gasteiger partial charge in [-0.3, -0.25) is 4.79 Å². The average Bonchev–Trinajstić information content (AvgIpc) is 2.80. The molecule has 0 bridgehead atoms. The van der Waals surface area contributed by atoms with E-state index in [9.17, 15) is 4.79 Å². The molecular weight excluding hydrogens is 410 g/mol. The number of aromatic nitrogens is 2. The van der Waals surface area contributed by atoms with Crippen molar-refractivity contribution in [3.05, 3.63) is 83.6 Å². The molecule has 0 radical (unpaired) electrons. The van der Waals surface area contributed by atoms with Crippen molar-refractivity contribution < 1.29 is 4.79 Å². The molecule has 0 fully saturated rings. The monoisotopic (exact) mass is 445 g/mol. The van der Waals surface area contributed by atoms with Crippen LogP contribution in [-0.4, -0.2) is 34.5 Å².